The summed E-state index contributed by atoms with van der Waals surface area (Å²) in [6.45, 7) is 0. The summed E-state index contributed by atoms with van der Waals surface area (Å²) in [5.74, 6) is 0.456. The van der Waals surface area contributed by atoms with Crippen molar-refractivity contribution in [1.29, 1.82) is 0 Å². The molecule has 2 N–H and O–H groups in total. The maximum absolute atomic E-state index is 11.0. The van der Waals surface area contributed by atoms with Crippen LogP contribution in [0.1, 0.15) is 0 Å². The largest absolute Gasteiger partial charge is 0.399 e. The van der Waals surface area contributed by atoms with Crippen LogP contribution in [0.25, 0.3) is 22.8 Å². The number of hydrogen-bond donors (Lipinski definition) is 1. The van der Waals surface area contributed by atoms with E-state index in [4.69, 9.17) is 10.3 Å². The number of nitrogens with two attached hydrogens (primary N) is 1. The van der Waals surface area contributed by atoms with E-state index in [0.717, 1.165) is 5.56 Å². The molecule has 3 rings (SSSR count). The van der Waals surface area contributed by atoms with Crippen LogP contribution in [0, 0.1) is 10.1 Å². The van der Waals surface area contributed by atoms with Crippen molar-refractivity contribution in [3.8, 4) is 22.8 Å². The number of benzene rings is 2. The lowest BCUT2D eigenvalue weighted by atomic mass is 10.1. The molecular formula is C14H10N4O3. The Kier molecular flexibility index (Phi) is 3.07. The third kappa shape index (κ3) is 2.44. The van der Waals surface area contributed by atoms with Crippen molar-refractivity contribution in [3.63, 3.8) is 0 Å². The first-order valence-corrected chi connectivity index (χ1v) is 6.08. The number of para-hydroxylation sites is 1. The molecule has 0 radical (unpaired) electrons. The smallest absolute Gasteiger partial charge is 0.282 e. The Morgan fingerprint density at radius 3 is 2.52 bits per heavy atom. The predicted octanol–water partition coefficient (Wildman–Crippen LogP) is 2.89. The minimum absolute atomic E-state index is 0.0787. The Morgan fingerprint density at radius 2 is 1.81 bits per heavy atom. The number of rotatable bonds is 3. The number of anilines is 1. The minimum atomic E-state index is -0.484. The maximum Gasteiger partial charge on any atom is 0.282 e. The standard InChI is InChI=1S/C14H10N4O3/c15-10-7-5-9(6-8-10)13-16-14(21-17-13)11-3-1-2-4-12(11)18(19)20/h1-8H,15H2. The average molecular weight is 282 g/mol. The normalized spacial score (nSPS) is 10.5. The Morgan fingerprint density at radius 1 is 1.10 bits per heavy atom. The molecule has 21 heavy (non-hydrogen) atoms. The molecule has 3 aromatic rings. The van der Waals surface area contributed by atoms with E-state index in [1.54, 1.807) is 42.5 Å². The number of hydrogen-bond acceptors (Lipinski definition) is 6. The zero-order chi connectivity index (χ0) is 14.8. The van der Waals surface area contributed by atoms with Gasteiger partial charge in [-0.25, -0.2) is 0 Å². The fourth-order valence-corrected chi connectivity index (χ4v) is 1.90. The highest BCUT2D eigenvalue weighted by atomic mass is 16.6. The zero-order valence-corrected chi connectivity index (χ0v) is 10.8. The highest BCUT2D eigenvalue weighted by Gasteiger charge is 2.20. The van der Waals surface area contributed by atoms with E-state index in [2.05, 4.69) is 10.1 Å². The van der Waals surface area contributed by atoms with Crippen LogP contribution in [-0.2, 0) is 0 Å². The fraction of sp³-hybridized carbons (Fsp3) is 0. The summed E-state index contributed by atoms with van der Waals surface area (Å²) in [5.41, 5.74) is 7.17. The summed E-state index contributed by atoms with van der Waals surface area (Å²) in [6, 6.07) is 13.2. The number of nitrogen functional groups attached to an aromatic ring is 1. The highest BCUT2D eigenvalue weighted by molar-refractivity contribution is 5.68. The van der Waals surface area contributed by atoms with Gasteiger partial charge in [0.15, 0.2) is 0 Å². The van der Waals surface area contributed by atoms with Gasteiger partial charge in [0.05, 0.1) is 4.92 Å². The van der Waals surface area contributed by atoms with E-state index in [0.29, 0.717) is 11.5 Å². The quantitative estimate of drug-likeness (QED) is 0.449. The molecule has 2 aromatic carbocycles. The molecule has 1 aromatic heterocycles. The van der Waals surface area contributed by atoms with Crippen LogP contribution in [-0.4, -0.2) is 15.1 Å². The van der Waals surface area contributed by atoms with Gasteiger partial charge >= 0.3 is 0 Å². The molecule has 1 heterocycles. The topological polar surface area (TPSA) is 108 Å². The summed E-state index contributed by atoms with van der Waals surface area (Å²) in [5, 5.41) is 14.9. The first kappa shape index (κ1) is 12.8. The van der Waals surface area contributed by atoms with Crippen LogP contribution in [0.5, 0.6) is 0 Å². The lowest BCUT2D eigenvalue weighted by Crippen LogP contribution is -1.91. The van der Waals surface area contributed by atoms with E-state index in [-0.39, 0.29) is 17.1 Å². The van der Waals surface area contributed by atoms with E-state index in [9.17, 15) is 10.1 Å². The van der Waals surface area contributed by atoms with Gasteiger partial charge in [0.1, 0.15) is 5.56 Å². The Balaban J connectivity index is 2.03. The van der Waals surface area contributed by atoms with Crippen molar-refractivity contribution >= 4 is 11.4 Å². The molecule has 0 fully saturated rings. The van der Waals surface area contributed by atoms with Crippen molar-refractivity contribution in [2.45, 2.75) is 0 Å². The van der Waals surface area contributed by atoms with Crippen molar-refractivity contribution in [2.75, 3.05) is 5.73 Å². The number of nitro groups is 1. The van der Waals surface area contributed by atoms with Gasteiger partial charge in [0, 0.05) is 17.3 Å². The predicted molar refractivity (Wildman–Crippen MR) is 76.2 cm³/mol. The molecule has 0 spiro atoms. The summed E-state index contributed by atoms with van der Waals surface area (Å²) in [7, 11) is 0. The van der Waals surface area contributed by atoms with Gasteiger partial charge in [-0.2, -0.15) is 4.98 Å². The van der Waals surface area contributed by atoms with Crippen LogP contribution >= 0.6 is 0 Å². The Bertz CT molecular complexity index is 796. The van der Waals surface area contributed by atoms with Gasteiger partial charge < -0.3 is 10.3 Å². The van der Waals surface area contributed by atoms with E-state index in [1.807, 2.05) is 0 Å². The van der Waals surface area contributed by atoms with Gasteiger partial charge in [0.2, 0.25) is 5.82 Å². The van der Waals surface area contributed by atoms with Crippen molar-refractivity contribution in [3.05, 3.63) is 58.6 Å². The molecule has 0 aliphatic rings. The molecule has 0 aliphatic heterocycles. The van der Waals surface area contributed by atoms with Gasteiger partial charge in [-0.3, -0.25) is 10.1 Å². The van der Waals surface area contributed by atoms with Gasteiger partial charge in [-0.15, -0.1) is 0 Å². The molecule has 0 aliphatic carbocycles. The van der Waals surface area contributed by atoms with Crippen LogP contribution in [0.15, 0.2) is 53.1 Å². The second kappa shape index (κ2) is 5.04. The molecule has 0 saturated heterocycles. The first-order chi connectivity index (χ1) is 10.1. The zero-order valence-electron chi connectivity index (χ0n) is 10.8. The van der Waals surface area contributed by atoms with Crippen LogP contribution in [0.3, 0.4) is 0 Å². The Labute approximate surface area is 119 Å². The van der Waals surface area contributed by atoms with E-state index in [1.165, 1.54) is 6.07 Å². The van der Waals surface area contributed by atoms with Gasteiger partial charge in [-0.1, -0.05) is 17.3 Å². The molecule has 0 bridgehead atoms. The third-order valence-electron chi connectivity index (χ3n) is 2.93. The maximum atomic E-state index is 11.0. The SMILES string of the molecule is Nc1ccc(-c2noc(-c3ccccc3[N+](=O)[O-])n2)cc1. The van der Waals surface area contributed by atoms with Crippen molar-refractivity contribution in [1.82, 2.24) is 10.1 Å². The molecule has 0 atom stereocenters. The molecule has 0 unspecified atom stereocenters. The second-order valence-corrected chi connectivity index (χ2v) is 4.32. The molecule has 0 saturated carbocycles. The first-order valence-electron chi connectivity index (χ1n) is 6.08. The van der Waals surface area contributed by atoms with Crippen LogP contribution < -0.4 is 5.73 Å². The number of nitrogens with zero attached hydrogens (tertiary/aromatic N) is 3. The molecule has 7 heteroatoms. The third-order valence-corrected chi connectivity index (χ3v) is 2.93. The molecule has 0 amide bonds. The van der Waals surface area contributed by atoms with Gasteiger partial charge in [0.25, 0.3) is 11.6 Å². The summed E-state index contributed by atoms with van der Waals surface area (Å²) in [6.07, 6.45) is 0. The van der Waals surface area contributed by atoms with Crippen LogP contribution in [0.2, 0.25) is 0 Å². The minimum Gasteiger partial charge on any atom is -0.399 e. The number of nitro benzene ring substituents is 1. The van der Waals surface area contributed by atoms with Crippen LogP contribution in [0.4, 0.5) is 11.4 Å². The summed E-state index contributed by atoms with van der Waals surface area (Å²) >= 11 is 0. The summed E-state index contributed by atoms with van der Waals surface area (Å²) in [4.78, 5) is 14.7. The summed E-state index contributed by atoms with van der Waals surface area (Å²) < 4.78 is 5.13. The van der Waals surface area contributed by atoms with E-state index >= 15 is 0 Å². The van der Waals surface area contributed by atoms with E-state index < -0.39 is 4.92 Å². The fourth-order valence-electron chi connectivity index (χ4n) is 1.90. The van der Waals surface area contributed by atoms with Gasteiger partial charge in [-0.05, 0) is 30.3 Å². The second-order valence-electron chi connectivity index (χ2n) is 4.32. The van der Waals surface area contributed by atoms with Crippen molar-refractivity contribution in [2.24, 2.45) is 0 Å². The number of aromatic nitrogens is 2. The average Bonchev–Trinajstić information content (AvgIpc) is 2.97. The lowest BCUT2D eigenvalue weighted by molar-refractivity contribution is -0.384. The Hall–Kier alpha value is -3.22. The van der Waals surface area contributed by atoms with Crippen molar-refractivity contribution < 1.29 is 9.45 Å². The molecular weight excluding hydrogens is 272 g/mol. The highest BCUT2D eigenvalue weighted by Crippen LogP contribution is 2.29. The monoisotopic (exact) mass is 282 g/mol. The lowest BCUT2D eigenvalue weighted by Gasteiger charge is -1.96. The molecule has 104 valence electrons. The molecule has 7 nitrogen and oxygen atoms in total.